The van der Waals surface area contributed by atoms with Crippen LogP contribution in [0.5, 0.6) is 0 Å². The van der Waals surface area contributed by atoms with E-state index in [1.165, 1.54) is 0 Å². The average molecular weight is 300 g/mol. The molecule has 5 heteroatoms. The lowest BCUT2D eigenvalue weighted by molar-refractivity contribution is -0.142. The summed E-state index contributed by atoms with van der Waals surface area (Å²) in [5.74, 6) is -1.17. The van der Waals surface area contributed by atoms with Gasteiger partial charge in [-0.05, 0) is 44.4 Å². The number of carboxylic acids is 1. The number of nitrogens with zero attached hydrogens (tertiary/aromatic N) is 1. The molecule has 0 radical (unpaired) electrons. The van der Waals surface area contributed by atoms with Crippen LogP contribution in [0, 0.1) is 16.7 Å². The molecular weight excluding hydrogens is 280 g/mol. The lowest BCUT2D eigenvalue weighted by Crippen LogP contribution is -2.32. The number of rotatable bonds is 4. The van der Waals surface area contributed by atoms with Gasteiger partial charge in [0.2, 0.25) is 5.91 Å². The molecule has 116 valence electrons. The summed E-state index contributed by atoms with van der Waals surface area (Å²) in [7, 11) is 0. The Morgan fingerprint density at radius 3 is 2.23 bits per heavy atom. The second-order valence-electron chi connectivity index (χ2n) is 6.36. The van der Waals surface area contributed by atoms with Gasteiger partial charge in [0, 0.05) is 5.69 Å². The van der Waals surface area contributed by atoms with Gasteiger partial charge in [-0.2, -0.15) is 5.26 Å². The summed E-state index contributed by atoms with van der Waals surface area (Å²) in [6.07, 6.45) is 2.98. The van der Waals surface area contributed by atoms with Crippen molar-refractivity contribution in [1.29, 1.82) is 5.26 Å². The normalized spacial score (nSPS) is 16.8. The highest BCUT2D eigenvalue weighted by atomic mass is 16.4. The van der Waals surface area contributed by atoms with E-state index < -0.39 is 16.8 Å². The molecule has 0 bridgehead atoms. The lowest BCUT2D eigenvalue weighted by Gasteiger charge is -2.21. The SMILES string of the molecule is CC(C)(C(=O)O)c1ccc(NC(=O)C2(C#N)CCCC2)cc1. The molecule has 22 heavy (non-hydrogen) atoms. The van der Waals surface area contributed by atoms with E-state index >= 15 is 0 Å². The number of hydrogen-bond acceptors (Lipinski definition) is 3. The molecule has 1 aliphatic carbocycles. The van der Waals surface area contributed by atoms with Crippen LogP contribution in [0.25, 0.3) is 0 Å². The zero-order valence-corrected chi connectivity index (χ0v) is 12.8. The Bertz CT molecular complexity index is 620. The van der Waals surface area contributed by atoms with E-state index in [-0.39, 0.29) is 5.91 Å². The number of nitrogens with one attached hydrogen (secondary N) is 1. The summed E-state index contributed by atoms with van der Waals surface area (Å²) in [6, 6.07) is 8.90. The summed E-state index contributed by atoms with van der Waals surface area (Å²) in [5.41, 5.74) is -0.661. The maximum atomic E-state index is 12.3. The number of carboxylic acid groups (broad SMARTS) is 1. The van der Waals surface area contributed by atoms with Crippen molar-refractivity contribution in [2.24, 2.45) is 5.41 Å². The van der Waals surface area contributed by atoms with Gasteiger partial charge in [0.05, 0.1) is 11.5 Å². The molecule has 0 unspecified atom stereocenters. The van der Waals surface area contributed by atoms with Crippen molar-refractivity contribution in [2.75, 3.05) is 5.32 Å². The van der Waals surface area contributed by atoms with Gasteiger partial charge in [0.25, 0.3) is 0 Å². The maximum Gasteiger partial charge on any atom is 0.313 e. The Balaban J connectivity index is 2.14. The van der Waals surface area contributed by atoms with Gasteiger partial charge in [0.1, 0.15) is 5.41 Å². The molecule has 1 saturated carbocycles. The van der Waals surface area contributed by atoms with Crippen LogP contribution in [0.4, 0.5) is 5.69 Å². The molecule has 1 fully saturated rings. The highest BCUT2D eigenvalue weighted by molar-refractivity contribution is 5.97. The second kappa shape index (κ2) is 5.80. The van der Waals surface area contributed by atoms with Crippen molar-refractivity contribution < 1.29 is 14.7 Å². The van der Waals surface area contributed by atoms with Crippen molar-refractivity contribution in [1.82, 2.24) is 0 Å². The van der Waals surface area contributed by atoms with E-state index in [1.54, 1.807) is 38.1 Å². The number of benzene rings is 1. The van der Waals surface area contributed by atoms with Crippen molar-refractivity contribution in [3.8, 4) is 6.07 Å². The smallest absolute Gasteiger partial charge is 0.313 e. The fourth-order valence-electron chi connectivity index (χ4n) is 2.71. The maximum absolute atomic E-state index is 12.3. The molecule has 1 amide bonds. The first-order valence-electron chi connectivity index (χ1n) is 7.38. The highest BCUT2D eigenvalue weighted by Crippen LogP contribution is 2.38. The predicted molar refractivity (Wildman–Crippen MR) is 82.2 cm³/mol. The van der Waals surface area contributed by atoms with Gasteiger partial charge in [-0.25, -0.2) is 0 Å². The zero-order valence-electron chi connectivity index (χ0n) is 12.8. The molecule has 1 aromatic carbocycles. The molecule has 1 aliphatic rings. The fourth-order valence-corrected chi connectivity index (χ4v) is 2.71. The standard InChI is InChI=1S/C17H20N2O3/c1-16(2,15(21)22)12-5-7-13(8-6-12)19-14(20)17(11-18)9-3-4-10-17/h5-8H,3-4,9-10H2,1-2H3,(H,19,20)(H,21,22). The average Bonchev–Trinajstić information content (AvgIpc) is 2.98. The number of aliphatic carboxylic acids is 1. The minimum absolute atomic E-state index is 0.266. The van der Waals surface area contributed by atoms with Crippen molar-refractivity contribution in [3.63, 3.8) is 0 Å². The highest BCUT2D eigenvalue weighted by Gasteiger charge is 2.41. The van der Waals surface area contributed by atoms with Crippen LogP contribution in [-0.2, 0) is 15.0 Å². The topological polar surface area (TPSA) is 90.2 Å². The molecule has 2 rings (SSSR count). The van der Waals surface area contributed by atoms with E-state index in [9.17, 15) is 20.0 Å². The minimum Gasteiger partial charge on any atom is -0.481 e. The number of carbonyl (C=O) groups excluding carboxylic acids is 1. The summed E-state index contributed by atoms with van der Waals surface area (Å²) in [5, 5.41) is 21.3. The van der Waals surface area contributed by atoms with Crippen molar-refractivity contribution in [3.05, 3.63) is 29.8 Å². The quantitative estimate of drug-likeness (QED) is 0.894. The van der Waals surface area contributed by atoms with Crippen LogP contribution in [0.3, 0.4) is 0 Å². The third-order valence-corrected chi connectivity index (χ3v) is 4.50. The van der Waals surface area contributed by atoms with Crippen LogP contribution >= 0.6 is 0 Å². The molecular formula is C17H20N2O3. The number of anilines is 1. The number of carbonyl (C=O) groups is 2. The minimum atomic E-state index is -0.984. The Kier molecular flexibility index (Phi) is 4.23. The van der Waals surface area contributed by atoms with E-state index in [2.05, 4.69) is 11.4 Å². The van der Waals surface area contributed by atoms with Gasteiger partial charge in [-0.15, -0.1) is 0 Å². The third kappa shape index (κ3) is 2.82. The first-order chi connectivity index (χ1) is 10.3. The van der Waals surface area contributed by atoms with Crippen LogP contribution in [0.2, 0.25) is 0 Å². The van der Waals surface area contributed by atoms with Crippen LogP contribution in [0.1, 0.15) is 45.1 Å². The molecule has 2 N–H and O–H groups in total. The zero-order chi connectivity index (χ0) is 16.4. The molecule has 0 aromatic heterocycles. The summed E-state index contributed by atoms with van der Waals surface area (Å²) in [4.78, 5) is 23.6. The molecule has 0 atom stereocenters. The largest absolute Gasteiger partial charge is 0.481 e. The van der Waals surface area contributed by atoms with Gasteiger partial charge in [-0.3, -0.25) is 9.59 Å². The van der Waals surface area contributed by atoms with E-state index in [4.69, 9.17) is 0 Å². The molecule has 1 aromatic rings. The molecule has 0 spiro atoms. The fraction of sp³-hybridized carbons (Fsp3) is 0.471. The molecule has 0 heterocycles. The van der Waals surface area contributed by atoms with Crippen LogP contribution in [-0.4, -0.2) is 17.0 Å². The first-order valence-corrected chi connectivity index (χ1v) is 7.38. The lowest BCUT2D eigenvalue weighted by atomic mass is 9.84. The van der Waals surface area contributed by atoms with Gasteiger partial charge < -0.3 is 10.4 Å². The van der Waals surface area contributed by atoms with Gasteiger partial charge in [0.15, 0.2) is 0 Å². The monoisotopic (exact) mass is 300 g/mol. The van der Waals surface area contributed by atoms with Gasteiger partial charge in [-0.1, -0.05) is 25.0 Å². The number of nitriles is 1. The van der Waals surface area contributed by atoms with Gasteiger partial charge >= 0.3 is 5.97 Å². The molecule has 0 aliphatic heterocycles. The third-order valence-electron chi connectivity index (χ3n) is 4.50. The number of amides is 1. The molecule has 0 saturated heterocycles. The Morgan fingerprint density at radius 1 is 1.23 bits per heavy atom. The molecule has 5 nitrogen and oxygen atoms in total. The first kappa shape index (κ1) is 16.0. The summed E-state index contributed by atoms with van der Waals surface area (Å²) in [6.45, 7) is 3.26. The summed E-state index contributed by atoms with van der Waals surface area (Å²) < 4.78 is 0. The van der Waals surface area contributed by atoms with E-state index in [1.807, 2.05) is 0 Å². The number of hydrogen-bond donors (Lipinski definition) is 2. The van der Waals surface area contributed by atoms with Crippen molar-refractivity contribution in [2.45, 2.75) is 44.9 Å². The van der Waals surface area contributed by atoms with Crippen LogP contribution < -0.4 is 5.32 Å². The summed E-state index contributed by atoms with van der Waals surface area (Å²) >= 11 is 0. The second-order valence-corrected chi connectivity index (χ2v) is 6.36. The van der Waals surface area contributed by atoms with Crippen LogP contribution in [0.15, 0.2) is 24.3 Å². The van der Waals surface area contributed by atoms with E-state index in [0.29, 0.717) is 24.1 Å². The van der Waals surface area contributed by atoms with Crippen molar-refractivity contribution >= 4 is 17.6 Å². The Morgan fingerprint density at radius 2 is 1.77 bits per heavy atom. The Hall–Kier alpha value is -2.35. The predicted octanol–water partition coefficient (Wildman–Crippen LogP) is 3.07. The Labute approximate surface area is 129 Å². The van der Waals surface area contributed by atoms with E-state index in [0.717, 1.165) is 12.8 Å².